The van der Waals surface area contributed by atoms with E-state index in [0.29, 0.717) is 11.5 Å². The third-order valence-electron chi connectivity index (χ3n) is 4.55. The second-order valence-electron chi connectivity index (χ2n) is 6.47. The van der Waals surface area contributed by atoms with Crippen LogP contribution in [-0.4, -0.2) is 50.8 Å². The molecule has 2 aliphatic rings. The third-order valence-corrected chi connectivity index (χ3v) is 4.55. The monoisotopic (exact) mass is 240 g/mol. The summed E-state index contributed by atoms with van der Waals surface area (Å²) in [6.07, 6.45) is 4.00. The molecule has 2 atom stereocenters. The van der Waals surface area contributed by atoms with Crippen molar-refractivity contribution in [1.29, 1.82) is 0 Å². The maximum Gasteiger partial charge on any atom is 0.0503 e. The van der Waals surface area contributed by atoms with Gasteiger partial charge in [-0.05, 0) is 43.7 Å². The van der Waals surface area contributed by atoms with Gasteiger partial charge >= 0.3 is 0 Å². The Hall–Kier alpha value is -0.120. The van der Waals surface area contributed by atoms with E-state index in [1.54, 1.807) is 0 Å². The van der Waals surface area contributed by atoms with E-state index in [2.05, 4.69) is 24.1 Å². The minimum Gasteiger partial charge on any atom is -0.384 e. The van der Waals surface area contributed by atoms with E-state index in [9.17, 15) is 0 Å². The molecule has 0 aromatic heterocycles. The summed E-state index contributed by atoms with van der Waals surface area (Å²) < 4.78 is 5.26. The molecule has 1 N–H and O–H groups in total. The molecule has 2 rings (SSSR count). The molecular formula is C14H28N2O. The highest BCUT2D eigenvalue weighted by Crippen LogP contribution is 2.31. The fraction of sp³-hybridized carbons (Fsp3) is 1.00. The Bertz CT molecular complexity index is 242. The number of nitrogens with one attached hydrogen (secondary N) is 1. The lowest BCUT2D eigenvalue weighted by molar-refractivity contribution is 0.126. The lowest BCUT2D eigenvalue weighted by Crippen LogP contribution is -2.52. The molecule has 0 aromatic carbocycles. The van der Waals surface area contributed by atoms with Gasteiger partial charge in [0.25, 0.3) is 0 Å². The Kier molecular flexibility index (Phi) is 4.45. The Morgan fingerprint density at radius 1 is 1.41 bits per heavy atom. The predicted molar refractivity (Wildman–Crippen MR) is 71.2 cm³/mol. The van der Waals surface area contributed by atoms with E-state index in [1.807, 2.05) is 7.11 Å². The molecule has 0 aliphatic carbocycles. The van der Waals surface area contributed by atoms with E-state index in [1.165, 1.54) is 45.4 Å². The molecule has 0 radical (unpaired) electrons. The lowest BCUT2D eigenvalue weighted by atomic mass is 9.77. The maximum atomic E-state index is 5.26. The van der Waals surface area contributed by atoms with Crippen molar-refractivity contribution >= 4 is 0 Å². The molecule has 0 aromatic rings. The normalized spacial score (nSPS) is 34.1. The molecule has 0 spiro atoms. The van der Waals surface area contributed by atoms with Gasteiger partial charge in [-0.3, -0.25) is 0 Å². The van der Waals surface area contributed by atoms with E-state index in [4.69, 9.17) is 4.74 Å². The lowest BCUT2D eigenvalue weighted by Gasteiger charge is -2.41. The molecule has 100 valence electrons. The highest BCUT2D eigenvalue weighted by atomic mass is 16.5. The quantitative estimate of drug-likeness (QED) is 0.810. The molecule has 2 heterocycles. The van der Waals surface area contributed by atoms with Crippen molar-refractivity contribution in [3.8, 4) is 0 Å². The maximum absolute atomic E-state index is 5.26. The van der Waals surface area contributed by atoms with Crippen LogP contribution in [0.15, 0.2) is 0 Å². The fourth-order valence-corrected chi connectivity index (χ4v) is 3.29. The number of likely N-dealkylation sites (tertiary alicyclic amines) is 1. The average Bonchev–Trinajstić information content (AvgIpc) is 2.70. The summed E-state index contributed by atoms with van der Waals surface area (Å²) in [6, 6.07) is 0.664. The number of methoxy groups -OCH3 is 1. The van der Waals surface area contributed by atoms with Crippen LogP contribution in [0.2, 0.25) is 0 Å². The smallest absolute Gasteiger partial charge is 0.0503 e. The molecule has 2 fully saturated rings. The first-order valence-corrected chi connectivity index (χ1v) is 7.06. The summed E-state index contributed by atoms with van der Waals surface area (Å²) in [7, 11) is 1.81. The van der Waals surface area contributed by atoms with Crippen LogP contribution in [0, 0.1) is 11.3 Å². The van der Waals surface area contributed by atoms with E-state index in [0.717, 1.165) is 12.5 Å². The van der Waals surface area contributed by atoms with Crippen LogP contribution in [0.1, 0.15) is 33.1 Å². The van der Waals surface area contributed by atoms with Gasteiger partial charge in [0, 0.05) is 26.2 Å². The molecule has 3 nitrogen and oxygen atoms in total. The minimum absolute atomic E-state index is 0.456. The van der Waals surface area contributed by atoms with Crippen molar-refractivity contribution in [3.05, 3.63) is 0 Å². The van der Waals surface area contributed by atoms with Gasteiger partial charge in [0.05, 0.1) is 6.61 Å². The molecule has 0 amide bonds. The zero-order valence-electron chi connectivity index (χ0n) is 11.7. The van der Waals surface area contributed by atoms with E-state index < -0.39 is 0 Å². The molecule has 17 heavy (non-hydrogen) atoms. The largest absolute Gasteiger partial charge is 0.384 e. The molecule has 0 saturated carbocycles. The van der Waals surface area contributed by atoms with Gasteiger partial charge in [0.15, 0.2) is 0 Å². The van der Waals surface area contributed by atoms with Gasteiger partial charge in [-0.15, -0.1) is 0 Å². The Balaban J connectivity index is 1.81. The van der Waals surface area contributed by atoms with Crippen LogP contribution < -0.4 is 5.32 Å². The van der Waals surface area contributed by atoms with Gasteiger partial charge in [-0.2, -0.15) is 0 Å². The SMILES string of the molecule is COCC1CCN(CC2NCCCC2(C)C)C1. The third kappa shape index (κ3) is 3.43. The van der Waals surface area contributed by atoms with Crippen molar-refractivity contribution in [3.63, 3.8) is 0 Å². The molecule has 2 aliphatic heterocycles. The summed E-state index contributed by atoms with van der Waals surface area (Å²) in [5.74, 6) is 0.756. The predicted octanol–water partition coefficient (Wildman–Crippen LogP) is 1.73. The van der Waals surface area contributed by atoms with Crippen LogP contribution in [0.25, 0.3) is 0 Å². The Labute approximate surface area is 106 Å². The van der Waals surface area contributed by atoms with Gasteiger partial charge in [0.1, 0.15) is 0 Å². The van der Waals surface area contributed by atoms with Gasteiger partial charge in [0.2, 0.25) is 0 Å². The number of rotatable bonds is 4. The summed E-state index contributed by atoms with van der Waals surface area (Å²) in [5.41, 5.74) is 0.456. The molecule has 2 unspecified atom stereocenters. The Morgan fingerprint density at radius 3 is 2.94 bits per heavy atom. The first kappa shape index (κ1) is 13.3. The molecular weight excluding hydrogens is 212 g/mol. The van der Waals surface area contributed by atoms with Crippen LogP contribution >= 0.6 is 0 Å². The number of hydrogen-bond acceptors (Lipinski definition) is 3. The van der Waals surface area contributed by atoms with Crippen LogP contribution in [-0.2, 0) is 4.74 Å². The van der Waals surface area contributed by atoms with Crippen molar-refractivity contribution in [2.75, 3.05) is 39.9 Å². The number of nitrogens with zero attached hydrogens (tertiary/aromatic N) is 1. The number of piperidine rings is 1. The van der Waals surface area contributed by atoms with Crippen molar-refractivity contribution in [2.24, 2.45) is 11.3 Å². The second-order valence-corrected chi connectivity index (χ2v) is 6.47. The first-order chi connectivity index (χ1) is 8.12. The topological polar surface area (TPSA) is 24.5 Å². The van der Waals surface area contributed by atoms with Gasteiger partial charge in [-0.25, -0.2) is 0 Å². The molecule has 2 saturated heterocycles. The van der Waals surface area contributed by atoms with Crippen LogP contribution in [0.4, 0.5) is 0 Å². The summed E-state index contributed by atoms with van der Waals surface area (Å²) in [6.45, 7) is 10.6. The van der Waals surface area contributed by atoms with Crippen molar-refractivity contribution < 1.29 is 4.74 Å². The Morgan fingerprint density at radius 2 is 2.24 bits per heavy atom. The van der Waals surface area contributed by atoms with Crippen LogP contribution in [0.5, 0.6) is 0 Å². The fourth-order valence-electron chi connectivity index (χ4n) is 3.29. The van der Waals surface area contributed by atoms with Gasteiger partial charge < -0.3 is 15.0 Å². The van der Waals surface area contributed by atoms with Crippen molar-refractivity contribution in [2.45, 2.75) is 39.2 Å². The first-order valence-electron chi connectivity index (χ1n) is 7.06. The van der Waals surface area contributed by atoms with E-state index in [-0.39, 0.29) is 0 Å². The average molecular weight is 240 g/mol. The van der Waals surface area contributed by atoms with Crippen LogP contribution in [0.3, 0.4) is 0 Å². The number of hydrogen-bond donors (Lipinski definition) is 1. The summed E-state index contributed by atoms with van der Waals surface area (Å²) >= 11 is 0. The zero-order chi connectivity index (χ0) is 12.3. The molecule has 0 bridgehead atoms. The standard InChI is InChI=1S/C14H28N2O/c1-14(2)6-4-7-15-13(14)10-16-8-5-12(9-16)11-17-3/h12-13,15H,4-11H2,1-3H3. The summed E-state index contributed by atoms with van der Waals surface area (Å²) in [4.78, 5) is 2.62. The zero-order valence-corrected chi connectivity index (χ0v) is 11.7. The van der Waals surface area contributed by atoms with E-state index >= 15 is 0 Å². The summed E-state index contributed by atoms with van der Waals surface area (Å²) in [5, 5.41) is 3.71. The van der Waals surface area contributed by atoms with Crippen molar-refractivity contribution in [1.82, 2.24) is 10.2 Å². The minimum atomic E-state index is 0.456. The second kappa shape index (κ2) is 5.68. The molecule has 3 heteroatoms. The highest BCUT2D eigenvalue weighted by molar-refractivity contribution is 4.91. The highest BCUT2D eigenvalue weighted by Gasteiger charge is 2.34. The van der Waals surface area contributed by atoms with Gasteiger partial charge in [-0.1, -0.05) is 13.8 Å². The number of ether oxygens (including phenoxy) is 1.